The molecule has 5 heteroatoms. The fourth-order valence-electron chi connectivity index (χ4n) is 5.30. The molecule has 4 nitrogen and oxygen atoms in total. The highest BCUT2D eigenvalue weighted by Crippen LogP contribution is 2.46. The first-order chi connectivity index (χ1) is 14.5. The molecule has 2 aliphatic heterocycles. The van der Waals surface area contributed by atoms with Gasteiger partial charge in [-0.1, -0.05) is 19.9 Å². The highest BCUT2D eigenvalue weighted by molar-refractivity contribution is 5.92. The number of aliphatic hydroxyl groups is 1. The second-order valence-electron chi connectivity index (χ2n) is 8.45. The maximum absolute atomic E-state index is 14.6. The smallest absolute Gasteiger partial charge is 0.153 e. The Hall–Kier alpha value is -2.79. The quantitative estimate of drug-likeness (QED) is 0.762. The Labute approximate surface area is 175 Å². The van der Waals surface area contributed by atoms with Gasteiger partial charge in [0, 0.05) is 22.7 Å². The molecule has 0 fully saturated rings. The van der Waals surface area contributed by atoms with Gasteiger partial charge < -0.3 is 14.8 Å². The highest BCUT2D eigenvalue weighted by atomic mass is 19.1. The molecule has 154 valence electrons. The van der Waals surface area contributed by atoms with Crippen molar-refractivity contribution in [3.8, 4) is 0 Å². The van der Waals surface area contributed by atoms with Crippen molar-refractivity contribution in [2.75, 3.05) is 0 Å². The van der Waals surface area contributed by atoms with Crippen LogP contribution in [0.2, 0.25) is 0 Å². The number of rotatable bonds is 4. The van der Waals surface area contributed by atoms with Crippen LogP contribution in [0.5, 0.6) is 0 Å². The number of aliphatic hydroxyl groups excluding tert-OH is 1. The number of fused-ring (bicyclic) bond motifs is 4. The van der Waals surface area contributed by atoms with Crippen LogP contribution in [0.4, 0.5) is 4.39 Å². The van der Waals surface area contributed by atoms with Crippen molar-refractivity contribution in [3.63, 3.8) is 0 Å². The van der Waals surface area contributed by atoms with Crippen LogP contribution in [0.3, 0.4) is 0 Å². The van der Waals surface area contributed by atoms with Crippen LogP contribution in [0, 0.1) is 12.7 Å². The predicted octanol–water partition coefficient (Wildman–Crippen LogP) is 4.51. The largest absolute Gasteiger partial charge is 0.381 e. The van der Waals surface area contributed by atoms with Crippen LogP contribution in [-0.2, 0) is 24.2 Å². The number of pyridine rings is 1. The Kier molecular flexibility index (Phi) is 4.40. The van der Waals surface area contributed by atoms with E-state index in [0.29, 0.717) is 23.9 Å². The number of aryl methyl sites for hydroxylation is 2. The third-order valence-corrected chi connectivity index (χ3v) is 6.78. The van der Waals surface area contributed by atoms with Crippen molar-refractivity contribution in [1.82, 2.24) is 9.88 Å². The zero-order valence-electron chi connectivity index (χ0n) is 17.4. The van der Waals surface area contributed by atoms with Gasteiger partial charge in [0.25, 0.3) is 0 Å². The van der Waals surface area contributed by atoms with Gasteiger partial charge in [-0.25, -0.2) is 9.37 Å². The molecule has 0 spiro atoms. The van der Waals surface area contributed by atoms with Crippen LogP contribution in [0.15, 0.2) is 35.6 Å². The summed E-state index contributed by atoms with van der Waals surface area (Å²) in [4.78, 5) is 18.4. The van der Waals surface area contributed by atoms with Gasteiger partial charge >= 0.3 is 0 Å². The lowest BCUT2D eigenvalue weighted by Gasteiger charge is -2.31. The minimum Gasteiger partial charge on any atom is -0.381 e. The number of carbonyl (C=O) groups is 1. The molecule has 5 rings (SSSR count). The molecule has 2 aromatic rings. The Bertz CT molecular complexity index is 1190. The summed E-state index contributed by atoms with van der Waals surface area (Å²) in [5.41, 5.74) is 8.94. The van der Waals surface area contributed by atoms with Gasteiger partial charge in [0.05, 0.1) is 23.5 Å². The second-order valence-corrected chi connectivity index (χ2v) is 8.45. The van der Waals surface area contributed by atoms with Gasteiger partial charge in [0.15, 0.2) is 6.29 Å². The topological polar surface area (TPSA) is 53.4 Å². The molecule has 1 aromatic heterocycles. The lowest BCUT2D eigenvalue weighted by Crippen LogP contribution is -2.25. The fraction of sp³-hybridized carbons (Fsp3) is 0.360. The van der Waals surface area contributed by atoms with E-state index in [1.807, 2.05) is 13.0 Å². The maximum atomic E-state index is 14.6. The third kappa shape index (κ3) is 2.54. The molecule has 0 saturated carbocycles. The molecule has 0 saturated heterocycles. The average Bonchev–Trinajstić information content (AvgIpc) is 3.12. The number of hydrogen-bond donors (Lipinski definition) is 1. The van der Waals surface area contributed by atoms with Crippen LogP contribution in [0.1, 0.15) is 54.1 Å². The number of hydrogen-bond acceptors (Lipinski definition) is 4. The van der Waals surface area contributed by atoms with E-state index in [2.05, 4.69) is 18.4 Å². The molecule has 0 bridgehead atoms. The molecule has 0 radical (unpaired) electrons. The fourth-order valence-corrected chi connectivity index (χ4v) is 5.30. The summed E-state index contributed by atoms with van der Waals surface area (Å²) >= 11 is 0. The molecular weight excluding hydrogens is 379 g/mol. The molecule has 3 aliphatic rings. The first-order valence-electron chi connectivity index (χ1n) is 10.6. The molecule has 1 N–H and O–H groups in total. The van der Waals surface area contributed by atoms with E-state index in [1.165, 1.54) is 11.1 Å². The van der Waals surface area contributed by atoms with E-state index in [0.717, 1.165) is 71.3 Å². The van der Waals surface area contributed by atoms with Crippen molar-refractivity contribution in [2.24, 2.45) is 0 Å². The summed E-state index contributed by atoms with van der Waals surface area (Å²) in [7, 11) is 0. The average molecular weight is 404 g/mol. The van der Waals surface area contributed by atoms with E-state index < -0.39 is 6.10 Å². The molecule has 1 unspecified atom stereocenters. The second kappa shape index (κ2) is 6.88. The minimum absolute atomic E-state index is 0.211. The highest BCUT2D eigenvalue weighted by Gasteiger charge is 2.36. The molecule has 1 aliphatic carbocycles. The third-order valence-electron chi connectivity index (χ3n) is 6.78. The zero-order valence-corrected chi connectivity index (χ0v) is 17.4. The Balaban J connectivity index is 1.77. The standard InChI is InChI=1S/C25H25FN2O2/c1-4-6-16-14(3)28-11-19-17-8-5-7-15-13(2)20(26)10-21(24(15)17)27-25(19)22(28)9-18(16)23(30)12-29/h9-10,12,23,30H,3-8,11H2,1-2H3. The zero-order chi connectivity index (χ0) is 21.2. The maximum Gasteiger partial charge on any atom is 0.153 e. The lowest BCUT2D eigenvalue weighted by molar-refractivity contribution is -0.113. The number of benzene rings is 1. The van der Waals surface area contributed by atoms with Gasteiger partial charge in [0.2, 0.25) is 0 Å². The van der Waals surface area contributed by atoms with Crippen molar-refractivity contribution >= 4 is 22.9 Å². The molecule has 1 aromatic carbocycles. The van der Waals surface area contributed by atoms with E-state index in [9.17, 15) is 14.3 Å². The summed E-state index contributed by atoms with van der Waals surface area (Å²) in [6.45, 7) is 8.90. The summed E-state index contributed by atoms with van der Waals surface area (Å²) in [6, 6.07) is 1.55. The van der Waals surface area contributed by atoms with Crippen LogP contribution in [0.25, 0.3) is 16.6 Å². The monoisotopic (exact) mass is 404 g/mol. The molecular formula is C25H25FN2O2. The van der Waals surface area contributed by atoms with Crippen LogP contribution in [-0.4, -0.2) is 27.4 Å². The van der Waals surface area contributed by atoms with E-state index in [-0.39, 0.29) is 5.82 Å². The number of nitrogens with zero attached hydrogens (tertiary/aromatic N) is 2. The lowest BCUT2D eigenvalue weighted by atomic mass is 9.85. The number of halogens is 1. The van der Waals surface area contributed by atoms with Crippen LogP contribution < -0.4 is 0 Å². The SMILES string of the molecule is C=C1C(CCC)=C(C(O)C=O)C=C2c3nc4cc(F)c(C)c5c4c(c3CN12)CCC5. The summed E-state index contributed by atoms with van der Waals surface area (Å²) in [5.74, 6) is -0.211. The summed E-state index contributed by atoms with van der Waals surface area (Å²) in [5, 5.41) is 11.5. The van der Waals surface area contributed by atoms with Crippen LogP contribution >= 0.6 is 0 Å². The Morgan fingerprint density at radius 1 is 1.33 bits per heavy atom. The Morgan fingerprint density at radius 2 is 2.10 bits per heavy atom. The predicted molar refractivity (Wildman–Crippen MR) is 115 cm³/mol. The van der Waals surface area contributed by atoms with E-state index in [1.54, 1.807) is 6.07 Å². The summed E-state index contributed by atoms with van der Waals surface area (Å²) < 4.78 is 14.6. The number of aromatic nitrogens is 1. The van der Waals surface area contributed by atoms with Crippen molar-refractivity contribution in [1.29, 1.82) is 0 Å². The first-order valence-corrected chi connectivity index (χ1v) is 10.6. The minimum atomic E-state index is -1.19. The normalized spacial score (nSPS) is 18.5. The van der Waals surface area contributed by atoms with Gasteiger partial charge in [-0.05, 0) is 66.5 Å². The number of carbonyl (C=O) groups excluding carboxylic acids is 1. The van der Waals surface area contributed by atoms with Gasteiger partial charge in [-0.2, -0.15) is 0 Å². The molecule has 0 amide bonds. The molecule has 1 atom stereocenters. The van der Waals surface area contributed by atoms with Gasteiger partial charge in [0.1, 0.15) is 11.9 Å². The van der Waals surface area contributed by atoms with E-state index >= 15 is 0 Å². The van der Waals surface area contributed by atoms with Crippen molar-refractivity contribution in [2.45, 2.75) is 58.6 Å². The van der Waals surface area contributed by atoms with Crippen molar-refractivity contribution in [3.05, 3.63) is 69.3 Å². The van der Waals surface area contributed by atoms with Gasteiger partial charge in [-0.3, -0.25) is 0 Å². The Morgan fingerprint density at radius 3 is 2.83 bits per heavy atom. The van der Waals surface area contributed by atoms with E-state index in [4.69, 9.17) is 4.98 Å². The number of aldehydes is 1. The van der Waals surface area contributed by atoms with Gasteiger partial charge in [-0.15, -0.1) is 0 Å². The first kappa shape index (κ1) is 19.2. The molecule has 3 heterocycles. The van der Waals surface area contributed by atoms with Crippen molar-refractivity contribution < 1.29 is 14.3 Å². The molecule has 30 heavy (non-hydrogen) atoms. The summed E-state index contributed by atoms with van der Waals surface area (Å²) in [6.07, 6.45) is 5.71. The number of allylic oxidation sites excluding steroid dienone is 1.